The Hall–Kier alpha value is -1.85. The van der Waals surface area contributed by atoms with Gasteiger partial charge in [-0.25, -0.2) is 0 Å². The fourth-order valence-electron chi connectivity index (χ4n) is 3.15. The normalized spacial score (nSPS) is 17.0. The van der Waals surface area contributed by atoms with E-state index >= 15 is 0 Å². The fraction of sp³-hybridized carbons (Fsp3) is 0.444. The van der Waals surface area contributed by atoms with Gasteiger partial charge in [0.2, 0.25) is 0 Å². The van der Waals surface area contributed by atoms with E-state index in [1.165, 1.54) is 0 Å². The molecule has 1 fully saturated rings. The third-order valence-electron chi connectivity index (χ3n) is 4.54. The number of aryl methyl sites for hydroxylation is 2. The summed E-state index contributed by atoms with van der Waals surface area (Å²) >= 11 is 0. The number of likely N-dealkylation sites (tertiary alicyclic amines) is 1. The van der Waals surface area contributed by atoms with Gasteiger partial charge < -0.3 is 10.6 Å². The molecule has 1 atom stereocenters. The molecule has 2 N–H and O–H groups in total. The number of nitrogens with zero attached hydrogens (tertiary/aromatic N) is 3. The van der Waals surface area contributed by atoms with E-state index in [4.69, 9.17) is 5.73 Å². The number of benzene rings is 1. The van der Waals surface area contributed by atoms with Crippen molar-refractivity contribution in [1.29, 1.82) is 0 Å². The van der Waals surface area contributed by atoms with E-state index in [0.29, 0.717) is 12.5 Å². The van der Waals surface area contributed by atoms with Crippen molar-refractivity contribution >= 4 is 18.3 Å². The van der Waals surface area contributed by atoms with E-state index in [9.17, 15) is 4.79 Å². The van der Waals surface area contributed by atoms with Gasteiger partial charge in [0.05, 0.1) is 12.2 Å². The van der Waals surface area contributed by atoms with Gasteiger partial charge in [-0.2, -0.15) is 5.10 Å². The molecule has 130 valence electrons. The Morgan fingerprint density at radius 2 is 2.00 bits per heavy atom. The predicted molar refractivity (Wildman–Crippen MR) is 97.6 cm³/mol. The first-order chi connectivity index (χ1) is 11.1. The number of hydrogen-bond donors (Lipinski definition) is 1. The summed E-state index contributed by atoms with van der Waals surface area (Å²) < 4.78 is 1.98. The first-order valence-corrected chi connectivity index (χ1v) is 8.16. The summed E-state index contributed by atoms with van der Waals surface area (Å²) in [4.78, 5) is 14.4. The van der Waals surface area contributed by atoms with Crippen molar-refractivity contribution in [3.05, 3.63) is 52.8 Å². The lowest BCUT2D eigenvalue weighted by atomic mass is 10.1. The molecule has 1 aliphatic rings. The van der Waals surface area contributed by atoms with E-state index in [1.807, 2.05) is 40.8 Å². The molecule has 1 amide bonds. The average Bonchev–Trinajstić information content (AvgIpc) is 3.14. The van der Waals surface area contributed by atoms with Crippen molar-refractivity contribution in [3.8, 4) is 0 Å². The molecule has 0 saturated carbocycles. The monoisotopic (exact) mass is 348 g/mol. The second-order valence-electron chi connectivity index (χ2n) is 6.42. The summed E-state index contributed by atoms with van der Waals surface area (Å²) in [6, 6.07) is 9.93. The fourth-order valence-corrected chi connectivity index (χ4v) is 3.15. The summed E-state index contributed by atoms with van der Waals surface area (Å²) in [6.45, 7) is 7.03. The van der Waals surface area contributed by atoms with Crippen molar-refractivity contribution in [2.24, 2.45) is 11.7 Å². The summed E-state index contributed by atoms with van der Waals surface area (Å²) in [5.41, 5.74) is 9.76. The number of nitrogens with two attached hydrogens (primary N) is 1. The van der Waals surface area contributed by atoms with Crippen LogP contribution in [0.4, 0.5) is 0 Å². The number of hydrogen-bond acceptors (Lipinski definition) is 3. The van der Waals surface area contributed by atoms with Crippen LogP contribution in [-0.4, -0.2) is 40.2 Å². The molecule has 1 aromatic heterocycles. The third-order valence-corrected chi connectivity index (χ3v) is 4.54. The lowest BCUT2D eigenvalue weighted by molar-refractivity contribution is 0.0787. The molecule has 0 aliphatic carbocycles. The highest BCUT2D eigenvalue weighted by atomic mass is 35.5. The van der Waals surface area contributed by atoms with Crippen LogP contribution >= 0.6 is 12.4 Å². The highest BCUT2D eigenvalue weighted by Crippen LogP contribution is 2.18. The largest absolute Gasteiger partial charge is 0.338 e. The maximum Gasteiger partial charge on any atom is 0.253 e. The Bertz CT molecular complexity index is 696. The highest BCUT2D eigenvalue weighted by molar-refractivity contribution is 5.94. The van der Waals surface area contributed by atoms with E-state index < -0.39 is 0 Å². The van der Waals surface area contributed by atoms with Gasteiger partial charge in [-0.05, 0) is 56.5 Å². The molecular formula is C18H25ClN4O. The smallest absolute Gasteiger partial charge is 0.253 e. The number of amides is 1. The molecule has 1 saturated heterocycles. The summed E-state index contributed by atoms with van der Waals surface area (Å²) in [6.07, 6.45) is 1.01. The SMILES string of the molecule is Cc1cc(C)n(Cc2ccc(C(=O)N3CCC(CN)C3)cc2)n1.Cl. The van der Waals surface area contributed by atoms with Crippen LogP contribution in [0.1, 0.15) is 33.7 Å². The third kappa shape index (κ3) is 3.97. The second kappa shape index (κ2) is 7.81. The number of carbonyl (C=O) groups excluding carboxylic acids is 1. The molecule has 1 aliphatic heterocycles. The standard InChI is InChI=1S/C18H24N4O.ClH/c1-13-9-14(2)22(20-13)12-15-3-5-17(6-4-15)18(23)21-8-7-16(10-19)11-21;/h3-6,9,16H,7-8,10-12,19H2,1-2H3;1H. The molecule has 6 heteroatoms. The van der Waals surface area contributed by atoms with Gasteiger partial charge in [-0.3, -0.25) is 9.48 Å². The van der Waals surface area contributed by atoms with Crippen LogP contribution < -0.4 is 5.73 Å². The van der Waals surface area contributed by atoms with Crippen LogP contribution in [0.15, 0.2) is 30.3 Å². The topological polar surface area (TPSA) is 64.2 Å². The zero-order valence-corrected chi connectivity index (χ0v) is 15.1. The predicted octanol–water partition coefficient (Wildman–Crippen LogP) is 2.39. The first kappa shape index (κ1) is 18.5. The maximum absolute atomic E-state index is 12.5. The van der Waals surface area contributed by atoms with Crippen LogP contribution in [0, 0.1) is 19.8 Å². The van der Waals surface area contributed by atoms with Crippen LogP contribution in [-0.2, 0) is 6.54 Å². The lowest BCUT2D eigenvalue weighted by Gasteiger charge is -2.16. The van der Waals surface area contributed by atoms with Crippen molar-refractivity contribution in [1.82, 2.24) is 14.7 Å². The van der Waals surface area contributed by atoms with Gasteiger partial charge in [0.25, 0.3) is 5.91 Å². The lowest BCUT2D eigenvalue weighted by Crippen LogP contribution is -2.29. The first-order valence-electron chi connectivity index (χ1n) is 8.16. The van der Waals surface area contributed by atoms with Gasteiger partial charge in [0.1, 0.15) is 0 Å². The quantitative estimate of drug-likeness (QED) is 0.922. The van der Waals surface area contributed by atoms with E-state index in [0.717, 1.165) is 48.6 Å². The highest BCUT2D eigenvalue weighted by Gasteiger charge is 2.25. The van der Waals surface area contributed by atoms with Gasteiger partial charge in [0.15, 0.2) is 0 Å². The second-order valence-corrected chi connectivity index (χ2v) is 6.42. The van der Waals surface area contributed by atoms with E-state index in [1.54, 1.807) is 0 Å². The number of halogens is 1. The van der Waals surface area contributed by atoms with Crippen LogP contribution in [0.2, 0.25) is 0 Å². The minimum absolute atomic E-state index is 0. The van der Waals surface area contributed by atoms with Crippen LogP contribution in [0.25, 0.3) is 0 Å². The van der Waals surface area contributed by atoms with E-state index in [2.05, 4.69) is 18.1 Å². The molecule has 1 aromatic carbocycles. The Morgan fingerprint density at radius 3 is 2.54 bits per heavy atom. The van der Waals surface area contributed by atoms with Crippen molar-refractivity contribution in [2.45, 2.75) is 26.8 Å². The molecule has 2 aromatic rings. The molecule has 0 spiro atoms. The number of aromatic nitrogens is 2. The average molecular weight is 349 g/mol. The number of rotatable bonds is 4. The summed E-state index contributed by atoms with van der Waals surface area (Å²) in [7, 11) is 0. The van der Waals surface area contributed by atoms with Gasteiger partial charge in [-0.1, -0.05) is 12.1 Å². The van der Waals surface area contributed by atoms with Gasteiger partial charge >= 0.3 is 0 Å². The Morgan fingerprint density at radius 1 is 1.29 bits per heavy atom. The summed E-state index contributed by atoms with van der Waals surface area (Å²) in [5, 5.41) is 4.47. The molecular weight excluding hydrogens is 324 g/mol. The molecule has 3 rings (SSSR count). The molecule has 5 nitrogen and oxygen atoms in total. The van der Waals surface area contributed by atoms with Crippen LogP contribution in [0.3, 0.4) is 0 Å². The van der Waals surface area contributed by atoms with Gasteiger partial charge in [0, 0.05) is 24.3 Å². The molecule has 24 heavy (non-hydrogen) atoms. The zero-order chi connectivity index (χ0) is 16.4. The molecule has 0 radical (unpaired) electrons. The minimum atomic E-state index is 0. The van der Waals surface area contributed by atoms with Crippen molar-refractivity contribution in [3.63, 3.8) is 0 Å². The van der Waals surface area contributed by atoms with Crippen LogP contribution in [0.5, 0.6) is 0 Å². The van der Waals surface area contributed by atoms with E-state index in [-0.39, 0.29) is 18.3 Å². The van der Waals surface area contributed by atoms with Gasteiger partial charge in [-0.15, -0.1) is 12.4 Å². The zero-order valence-electron chi connectivity index (χ0n) is 14.2. The Labute approximate surface area is 149 Å². The number of carbonyl (C=O) groups is 1. The summed E-state index contributed by atoms with van der Waals surface area (Å²) in [5.74, 6) is 0.558. The minimum Gasteiger partial charge on any atom is -0.338 e. The molecule has 1 unspecified atom stereocenters. The Kier molecular flexibility index (Phi) is 6.02. The molecule has 0 bridgehead atoms. The Balaban J connectivity index is 0.00000208. The maximum atomic E-state index is 12.5. The van der Waals surface area contributed by atoms with Crippen molar-refractivity contribution in [2.75, 3.05) is 19.6 Å². The molecule has 2 heterocycles. The van der Waals surface area contributed by atoms with Crippen molar-refractivity contribution < 1.29 is 4.79 Å².